The molecule has 0 radical (unpaired) electrons. The van der Waals surface area contributed by atoms with Gasteiger partial charge in [0.05, 0.1) is 11.2 Å². The molecule has 1 saturated carbocycles. The first-order chi connectivity index (χ1) is 11.6. The van der Waals surface area contributed by atoms with Gasteiger partial charge in [-0.25, -0.2) is 9.78 Å². The van der Waals surface area contributed by atoms with Crippen LogP contribution in [0.3, 0.4) is 0 Å². The summed E-state index contributed by atoms with van der Waals surface area (Å²) in [5.41, 5.74) is -0.629. The maximum atomic E-state index is 5.96. The Labute approximate surface area is 155 Å². The van der Waals surface area contributed by atoms with E-state index in [1.165, 1.54) is 6.42 Å². The predicted molar refractivity (Wildman–Crippen MR) is 102 cm³/mol. The zero-order valence-electron chi connectivity index (χ0n) is 17.8. The van der Waals surface area contributed by atoms with E-state index in [-0.39, 0.29) is 11.2 Å². The van der Waals surface area contributed by atoms with Gasteiger partial charge in [0, 0.05) is 12.8 Å². The third-order valence-electron chi connectivity index (χ3n) is 5.02. The lowest BCUT2D eigenvalue weighted by Crippen LogP contribution is -2.45. The van der Waals surface area contributed by atoms with Crippen LogP contribution in [-0.4, -0.2) is 17.0 Å². The second kappa shape index (κ2) is 10.2. The largest absolute Gasteiger partial charge is 0.234 e. The molecule has 4 heteroatoms. The molecule has 0 amide bonds. The highest BCUT2D eigenvalue weighted by atomic mass is 17.3. The van der Waals surface area contributed by atoms with Crippen molar-refractivity contribution in [3.63, 3.8) is 0 Å². The summed E-state index contributed by atoms with van der Waals surface area (Å²) < 4.78 is 0. The summed E-state index contributed by atoms with van der Waals surface area (Å²) in [6, 6.07) is 0. The maximum absolute atomic E-state index is 5.96. The molecule has 0 aromatic carbocycles. The summed E-state index contributed by atoms with van der Waals surface area (Å²) in [7, 11) is 0. The monoisotopic (exact) mass is 358 g/mol. The molecular formula is C21H42O4. The second-order valence-corrected chi connectivity index (χ2v) is 9.17. The Morgan fingerprint density at radius 1 is 0.880 bits per heavy atom. The zero-order chi connectivity index (χ0) is 19.0. The van der Waals surface area contributed by atoms with Gasteiger partial charge in [-0.1, -0.05) is 52.9 Å². The maximum Gasteiger partial charge on any atom is 0.234 e. The van der Waals surface area contributed by atoms with Gasteiger partial charge in [0.25, 0.3) is 0 Å². The third kappa shape index (κ3) is 8.85. The first-order valence-corrected chi connectivity index (χ1v) is 10.4. The van der Waals surface area contributed by atoms with E-state index >= 15 is 0 Å². The molecule has 1 fully saturated rings. The van der Waals surface area contributed by atoms with Crippen molar-refractivity contribution in [1.29, 1.82) is 0 Å². The van der Waals surface area contributed by atoms with Crippen molar-refractivity contribution < 1.29 is 19.6 Å². The Bertz CT molecular complexity index is 341. The molecular weight excluding hydrogens is 316 g/mol. The summed E-state index contributed by atoms with van der Waals surface area (Å²) in [6.07, 6.45) is 10.4. The molecule has 4 nitrogen and oxygen atoms in total. The van der Waals surface area contributed by atoms with Gasteiger partial charge in [-0.05, 0) is 52.9 Å². The topological polar surface area (TPSA) is 36.9 Å². The molecule has 0 bridgehead atoms. The van der Waals surface area contributed by atoms with Crippen molar-refractivity contribution in [3.8, 4) is 0 Å². The smallest absolute Gasteiger partial charge is 0.228 e. The van der Waals surface area contributed by atoms with Gasteiger partial charge in [0.1, 0.15) is 0 Å². The van der Waals surface area contributed by atoms with Gasteiger partial charge in [0.15, 0.2) is 0 Å². The number of hydrogen-bond donors (Lipinski definition) is 0. The average molecular weight is 359 g/mol. The van der Waals surface area contributed by atoms with E-state index in [4.69, 9.17) is 19.6 Å². The van der Waals surface area contributed by atoms with Crippen LogP contribution in [0, 0.1) is 5.92 Å². The SMILES string of the molecule is CCCCC(C)(C)OOC1(OOC(C)(C)CCCC)CCCC(C)C1. The van der Waals surface area contributed by atoms with Crippen molar-refractivity contribution in [1.82, 2.24) is 0 Å². The molecule has 1 aliphatic carbocycles. The predicted octanol–water partition coefficient (Wildman–Crippen LogP) is 6.73. The molecule has 25 heavy (non-hydrogen) atoms. The van der Waals surface area contributed by atoms with Crippen LogP contribution >= 0.6 is 0 Å². The van der Waals surface area contributed by atoms with Crippen molar-refractivity contribution in [3.05, 3.63) is 0 Å². The summed E-state index contributed by atoms with van der Waals surface area (Å²) in [6.45, 7) is 14.9. The fraction of sp³-hybridized carbons (Fsp3) is 1.00. The highest BCUT2D eigenvalue weighted by Crippen LogP contribution is 2.39. The highest BCUT2D eigenvalue weighted by Gasteiger charge is 2.43. The number of rotatable bonds is 12. The van der Waals surface area contributed by atoms with Gasteiger partial charge in [-0.2, -0.15) is 9.78 Å². The van der Waals surface area contributed by atoms with Crippen LogP contribution in [0.5, 0.6) is 0 Å². The fourth-order valence-corrected chi connectivity index (χ4v) is 3.29. The van der Waals surface area contributed by atoms with Crippen LogP contribution in [0.4, 0.5) is 0 Å². The van der Waals surface area contributed by atoms with Crippen molar-refractivity contribution in [2.24, 2.45) is 5.92 Å². The van der Waals surface area contributed by atoms with Crippen LogP contribution in [0.2, 0.25) is 0 Å². The van der Waals surface area contributed by atoms with E-state index in [0.29, 0.717) is 5.92 Å². The van der Waals surface area contributed by atoms with E-state index in [9.17, 15) is 0 Å². The Kier molecular flexibility index (Phi) is 9.38. The molecule has 0 saturated heterocycles. The van der Waals surface area contributed by atoms with Crippen LogP contribution in [0.15, 0.2) is 0 Å². The molecule has 0 aliphatic heterocycles. The number of hydrogen-bond acceptors (Lipinski definition) is 4. The Morgan fingerprint density at radius 2 is 1.36 bits per heavy atom. The van der Waals surface area contributed by atoms with Gasteiger partial charge in [0.2, 0.25) is 5.79 Å². The Balaban J connectivity index is 2.68. The molecule has 0 spiro atoms. The van der Waals surface area contributed by atoms with Crippen molar-refractivity contribution in [2.75, 3.05) is 0 Å². The minimum absolute atomic E-state index is 0.315. The second-order valence-electron chi connectivity index (χ2n) is 9.17. The minimum atomic E-state index is -0.787. The third-order valence-corrected chi connectivity index (χ3v) is 5.02. The molecule has 0 aromatic rings. The lowest BCUT2D eigenvalue weighted by molar-refractivity contribution is -0.549. The van der Waals surface area contributed by atoms with E-state index in [1.54, 1.807) is 0 Å². The molecule has 0 N–H and O–H groups in total. The number of unbranched alkanes of at least 4 members (excludes halogenated alkanes) is 2. The van der Waals surface area contributed by atoms with Crippen LogP contribution < -0.4 is 0 Å². The van der Waals surface area contributed by atoms with E-state index in [0.717, 1.165) is 57.8 Å². The molecule has 1 rings (SSSR count). The van der Waals surface area contributed by atoms with Crippen LogP contribution in [-0.2, 0) is 19.6 Å². The van der Waals surface area contributed by atoms with Crippen LogP contribution in [0.25, 0.3) is 0 Å². The van der Waals surface area contributed by atoms with E-state index in [2.05, 4.69) is 48.5 Å². The summed E-state index contributed by atoms with van der Waals surface area (Å²) >= 11 is 0. The molecule has 1 unspecified atom stereocenters. The average Bonchev–Trinajstić information content (AvgIpc) is 2.55. The normalized spacial score (nSPS) is 21.5. The van der Waals surface area contributed by atoms with Gasteiger partial charge >= 0.3 is 0 Å². The van der Waals surface area contributed by atoms with Gasteiger partial charge < -0.3 is 0 Å². The van der Waals surface area contributed by atoms with Gasteiger partial charge in [-0.15, -0.1) is 0 Å². The van der Waals surface area contributed by atoms with E-state index < -0.39 is 5.79 Å². The molecule has 1 atom stereocenters. The first kappa shape index (κ1) is 22.9. The fourth-order valence-electron chi connectivity index (χ4n) is 3.29. The Hall–Kier alpha value is -0.160. The molecule has 0 heterocycles. The van der Waals surface area contributed by atoms with Crippen LogP contribution in [0.1, 0.15) is 113 Å². The summed E-state index contributed by atoms with van der Waals surface area (Å²) in [4.78, 5) is 23.6. The Morgan fingerprint density at radius 3 is 1.76 bits per heavy atom. The van der Waals surface area contributed by atoms with Crippen molar-refractivity contribution in [2.45, 2.75) is 130 Å². The molecule has 150 valence electrons. The quantitative estimate of drug-likeness (QED) is 0.220. The first-order valence-electron chi connectivity index (χ1n) is 10.4. The summed E-state index contributed by atoms with van der Waals surface area (Å²) in [5, 5.41) is 0. The highest BCUT2D eigenvalue weighted by molar-refractivity contribution is 4.78. The zero-order valence-corrected chi connectivity index (χ0v) is 17.8. The standard InChI is InChI=1S/C21H42O4/c1-8-10-14-19(4,5)22-24-21(16-12-13-18(3)17-21)25-23-20(6,7)15-11-9-2/h18H,8-17H2,1-7H3. The lowest BCUT2D eigenvalue weighted by atomic mass is 9.86. The molecule has 0 aromatic heterocycles. The minimum Gasteiger partial charge on any atom is -0.228 e. The van der Waals surface area contributed by atoms with Crippen molar-refractivity contribution >= 4 is 0 Å². The summed E-state index contributed by atoms with van der Waals surface area (Å²) in [5.74, 6) is -0.247. The van der Waals surface area contributed by atoms with Gasteiger partial charge in [-0.3, -0.25) is 0 Å². The lowest BCUT2D eigenvalue weighted by Gasteiger charge is -2.40. The molecule has 1 aliphatic rings. The van der Waals surface area contributed by atoms with E-state index in [1.807, 2.05) is 0 Å².